The van der Waals surface area contributed by atoms with Gasteiger partial charge in [-0.1, -0.05) is 31.2 Å². The van der Waals surface area contributed by atoms with Crippen LogP contribution in [0.15, 0.2) is 54.6 Å². The number of carbonyl (C=O) groups excluding carboxylic acids is 1. The fourth-order valence-electron chi connectivity index (χ4n) is 1.94. The molecule has 1 amide bonds. The quantitative estimate of drug-likeness (QED) is 0.844. The molecule has 0 fully saturated rings. The van der Waals surface area contributed by atoms with E-state index in [0.29, 0.717) is 0 Å². The normalized spacial score (nSPS) is 10.6. The van der Waals surface area contributed by atoms with Crippen molar-refractivity contribution < 1.29 is 9.53 Å². The summed E-state index contributed by atoms with van der Waals surface area (Å²) in [5, 5.41) is 2.86. The minimum absolute atomic E-state index is 0.140. The predicted octanol–water partition coefficient (Wildman–Crippen LogP) is 3.91. The first-order valence-electron chi connectivity index (χ1n) is 6.93. The molecule has 3 nitrogen and oxygen atoms in total. The molecule has 0 spiro atoms. The van der Waals surface area contributed by atoms with Gasteiger partial charge in [0.15, 0.2) is 0 Å². The van der Waals surface area contributed by atoms with Gasteiger partial charge in [-0.2, -0.15) is 0 Å². The molecule has 3 heteroatoms. The summed E-state index contributed by atoms with van der Waals surface area (Å²) in [6.45, 7) is 2.09. The van der Waals surface area contributed by atoms with Crippen LogP contribution in [0.25, 0.3) is 6.08 Å². The lowest BCUT2D eigenvalue weighted by molar-refractivity contribution is -0.111. The third kappa shape index (κ3) is 4.49. The van der Waals surface area contributed by atoms with Gasteiger partial charge in [0.2, 0.25) is 5.91 Å². The van der Waals surface area contributed by atoms with Crippen LogP contribution >= 0.6 is 0 Å². The molecule has 0 bridgehead atoms. The Balaban J connectivity index is 1.98. The second-order valence-corrected chi connectivity index (χ2v) is 4.65. The largest absolute Gasteiger partial charge is 0.497 e. The van der Waals surface area contributed by atoms with E-state index in [9.17, 15) is 4.79 Å². The zero-order valence-electron chi connectivity index (χ0n) is 12.3. The van der Waals surface area contributed by atoms with E-state index in [0.717, 1.165) is 23.4 Å². The molecule has 0 aromatic heterocycles. The molecule has 0 aliphatic carbocycles. The summed E-state index contributed by atoms with van der Waals surface area (Å²) in [6, 6.07) is 15.4. The van der Waals surface area contributed by atoms with Crippen molar-refractivity contribution in [2.45, 2.75) is 13.3 Å². The molecule has 108 valence electrons. The van der Waals surface area contributed by atoms with Crippen molar-refractivity contribution in [2.24, 2.45) is 0 Å². The van der Waals surface area contributed by atoms with E-state index in [2.05, 4.69) is 12.2 Å². The lowest BCUT2D eigenvalue weighted by Crippen LogP contribution is -2.07. The van der Waals surface area contributed by atoms with Crippen LogP contribution in [-0.2, 0) is 11.2 Å². The number of benzene rings is 2. The smallest absolute Gasteiger partial charge is 0.248 e. The highest BCUT2D eigenvalue weighted by Gasteiger charge is 1.99. The third-order valence-electron chi connectivity index (χ3n) is 3.15. The number of hydrogen-bond donors (Lipinski definition) is 1. The van der Waals surface area contributed by atoms with Gasteiger partial charge in [-0.05, 0) is 47.9 Å². The molecule has 2 aromatic carbocycles. The molecule has 0 unspecified atom stereocenters. The Kier molecular flexibility index (Phi) is 5.16. The Morgan fingerprint density at radius 1 is 1.19 bits per heavy atom. The van der Waals surface area contributed by atoms with Crippen LogP contribution in [-0.4, -0.2) is 13.0 Å². The highest BCUT2D eigenvalue weighted by molar-refractivity contribution is 6.01. The zero-order valence-corrected chi connectivity index (χ0v) is 12.3. The minimum Gasteiger partial charge on any atom is -0.497 e. The summed E-state index contributed by atoms with van der Waals surface area (Å²) < 4.78 is 5.09. The number of ether oxygens (including phenoxy) is 1. The maximum Gasteiger partial charge on any atom is 0.248 e. The number of amides is 1. The molecule has 21 heavy (non-hydrogen) atoms. The first-order valence-corrected chi connectivity index (χ1v) is 6.93. The lowest BCUT2D eigenvalue weighted by Gasteiger charge is -2.04. The van der Waals surface area contributed by atoms with Crippen LogP contribution in [0.1, 0.15) is 18.1 Å². The van der Waals surface area contributed by atoms with Gasteiger partial charge in [0, 0.05) is 11.8 Å². The molecule has 2 aromatic rings. The Morgan fingerprint density at radius 2 is 1.95 bits per heavy atom. The summed E-state index contributed by atoms with van der Waals surface area (Å²) in [5.41, 5.74) is 2.97. The minimum atomic E-state index is -0.140. The van der Waals surface area contributed by atoms with E-state index in [1.54, 1.807) is 13.2 Å². The van der Waals surface area contributed by atoms with E-state index in [1.165, 1.54) is 11.6 Å². The maximum absolute atomic E-state index is 11.9. The summed E-state index contributed by atoms with van der Waals surface area (Å²) in [7, 11) is 1.63. The van der Waals surface area contributed by atoms with E-state index in [4.69, 9.17) is 4.74 Å². The van der Waals surface area contributed by atoms with Crippen LogP contribution in [0.2, 0.25) is 0 Å². The Hall–Kier alpha value is -2.55. The molecule has 0 heterocycles. The second kappa shape index (κ2) is 7.29. The molecule has 1 N–H and O–H groups in total. The van der Waals surface area contributed by atoms with Crippen LogP contribution in [0.4, 0.5) is 5.69 Å². The predicted molar refractivity (Wildman–Crippen MR) is 86.5 cm³/mol. The fourth-order valence-corrected chi connectivity index (χ4v) is 1.94. The first kappa shape index (κ1) is 14.9. The van der Waals surface area contributed by atoms with Crippen molar-refractivity contribution in [1.82, 2.24) is 0 Å². The Morgan fingerprint density at radius 3 is 2.62 bits per heavy atom. The number of aryl methyl sites for hydroxylation is 1. The molecule has 0 aliphatic heterocycles. The third-order valence-corrected chi connectivity index (χ3v) is 3.15. The molecule has 2 rings (SSSR count). The summed E-state index contributed by atoms with van der Waals surface area (Å²) in [6.07, 6.45) is 4.25. The standard InChI is InChI=1S/C18H19NO2/c1-3-14-5-4-6-16(13-14)19-18(20)12-9-15-7-10-17(21-2)11-8-15/h4-13H,3H2,1-2H3,(H,19,20). The molecule has 0 saturated heterocycles. The fraction of sp³-hybridized carbons (Fsp3) is 0.167. The van der Waals surface area contributed by atoms with Gasteiger partial charge in [0.1, 0.15) is 5.75 Å². The number of hydrogen-bond acceptors (Lipinski definition) is 2. The molecule has 0 radical (unpaired) electrons. The summed E-state index contributed by atoms with van der Waals surface area (Å²) >= 11 is 0. The van der Waals surface area contributed by atoms with Crippen molar-refractivity contribution in [3.8, 4) is 5.75 Å². The van der Waals surface area contributed by atoms with E-state index in [1.807, 2.05) is 48.5 Å². The zero-order chi connectivity index (χ0) is 15.1. The van der Waals surface area contributed by atoms with Crippen molar-refractivity contribution in [2.75, 3.05) is 12.4 Å². The van der Waals surface area contributed by atoms with Crippen LogP contribution < -0.4 is 10.1 Å². The van der Waals surface area contributed by atoms with E-state index in [-0.39, 0.29) is 5.91 Å². The Bertz CT molecular complexity index is 630. The van der Waals surface area contributed by atoms with Gasteiger partial charge in [-0.15, -0.1) is 0 Å². The summed E-state index contributed by atoms with van der Waals surface area (Å²) in [5.74, 6) is 0.659. The molecular weight excluding hydrogens is 262 g/mol. The van der Waals surface area contributed by atoms with Crippen LogP contribution in [0.3, 0.4) is 0 Å². The first-order chi connectivity index (χ1) is 10.2. The van der Waals surface area contributed by atoms with Crippen molar-refractivity contribution in [3.05, 3.63) is 65.7 Å². The number of anilines is 1. The van der Waals surface area contributed by atoms with Gasteiger partial charge >= 0.3 is 0 Å². The SMILES string of the molecule is CCc1cccc(NC(=O)C=Cc2ccc(OC)cc2)c1. The van der Waals surface area contributed by atoms with Gasteiger partial charge in [-0.25, -0.2) is 0 Å². The van der Waals surface area contributed by atoms with Gasteiger partial charge in [0.25, 0.3) is 0 Å². The average molecular weight is 281 g/mol. The van der Waals surface area contributed by atoms with Gasteiger partial charge in [0.05, 0.1) is 7.11 Å². The second-order valence-electron chi connectivity index (χ2n) is 4.65. The van der Waals surface area contributed by atoms with Crippen molar-refractivity contribution >= 4 is 17.7 Å². The van der Waals surface area contributed by atoms with E-state index < -0.39 is 0 Å². The molecule has 0 aliphatic rings. The average Bonchev–Trinajstić information content (AvgIpc) is 2.53. The lowest BCUT2D eigenvalue weighted by atomic mass is 10.1. The van der Waals surface area contributed by atoms with E-state index >= 15 is 0 Å². The van der Waals surface area contributed by atoms with Crippen molar-refractivity contribution in [3.63, 3.8) is 0 Å². The van der Waals surface area contributed by atoms with Crippen LogP contribution in [0, 0.1) is 0 Å². The number of methoxy groups -OCH3 is 1. The molecule has 0 saturated carbocycles. The maximum atomic E-state index is 11.9. The highest BCUT2D eigenvalue weighted by Crippen LogP contribution is 2.13. The van der Waals surface area contributed by atoms with Gasteiger partial charge in [-0.3, -0.25) is 4.79 Å². The van der Waals surface area contributed by atoms with Gasteiger partial charge < -0.3 is 10.1 Å². The van der Waals surface area contributed by atoms with Crippen LogP contribution in [0.5, 0.6) is 5.75 Å². The number of carbonyl (C=O) groups is 1. The summed E-state index contributed by atoms with van der Waals surface area (Å²) in [4.78, 5) is 11.9. The van der Waals surface area contributed by atoms with Crippen molar-refractivity contribution in [1.29, 1.82) is 0 Å². The monoisotopic (exact) mass is 281 g/mol. The topological polar surface area (TPSA) is 38.3 Å². The number of rotatable bonds is 5. The molecule has 0 atom stereocenters. The number of nitrogens with one attached hydrogen (secondary N) is 1. The molecular formula is C18H19NO2. The Labute approximate surface area is 125 Å². The highest BCUT2D eigenvalue weighted by atomic mass is 16.5.